The van der Waals surface area contributed by atoms with Crippen LogP contribution in [0.15, 0.2) is 30.3 Å². The second-order valence-corrected chi connectivity index (χ2v) is 3.81. The molecule has 0 spiro atoms. The van der Waals surface area contributed by atoms with E-state index in [-0.39, 0.29) is 0 Å². The zero-order valence-electron chi connectivity index (χ0n) is 9.35. The Balaban J connectivity index is 2.45. The summed E-state index contributed by atoms with van der Waals surface area (Å²) in [6.45, 7) is 2.38. The molecule has 15 heavy (non-hydrogen) atoms. The van der Waals surface area contributed by atoms with Gasteiger partial charge in [0.15, 0.2) is 6.19 Å². The van der Waals surface area contributed by atoms with E-state index in [4.69, 9.17) is 5.26 Å². The summed E-state index contributed by atoms with van der Waals surface area (Å²) in [6, 6.07) is 10.1. The van der Waals surface area contributed by atoms with Gasteiger partial charge in [-0.2, -0.15) is 5.26 Å². The van der Waals surface area contributed by atoms with Crippen molar-refractivity contribution >= 4 is 0 Å². The number of nitrogens with zero attached hydrogens (tertiary/aromatic N) is 3. The molecule has 3 heteroatoms. The minimum atomic E-state index is 0.700. The monoisotopic (exact) mass is 203 g/mol. The summed E-state index contributed by atoms with van der Waals surface area (Å²) in [7, 11) is 4.02. The highest BCUT2D eigenvalue weighted by atomic mass is 15.2. The van der Waals surface area contributed by atoms with E-state index < -0.39 is 0 Å². The molecule has 0 bridgehead atoms. The molecule has 0 aromatic heterocycles. The van der Waals surface area contributed by atoms with Crippen LogP contribution in [0.25, 0.3) is 0 Å². The first kappa shape index (κ1) is 11.5. The van der Waals surface area contributed by atoms with Gasteiger partial charge in [0, 0.05) is 13.1 Å². The van der Waals surface area contributed by atoms with E-state index in [9.17, 15) is 0 Å². The first-order chi connectivity index (χ1) is 7.22. The van der Waals surface area contributed by atoms with Crippen LogP contribution in [-0.2, 0) is 6.54 Å². The lowest BCUT2D eigenvalue weighted by atomic mass is 10.2. The van der Waals surface area contributed by atoms with Gasteiger partial charge in [-0.3, -0.25) is 0 Å². The van der Waals surface area contributed by atoms with Gasteiger partial charge < -0.3 is 9.80 Å². The number of benzene rings is 1. The molecule has 0 aliphatic carbocycles. The fourth-order valence-electron chi connectivity index (χ4n) is 1.29. The molecule has 1 aromatic rings. The fraction of sp³-hybridized carbons (Fsp3) is 0.417. The van der Waals surface area contributed by atoms with Crippen molar-refractivity contribution in [1.29, 1.82) is 5.26 Å². The Morgan fingerprint density at radius 1 is 1.13 bits per heavy atom. The average Bonchev–Trinajstić information content (AvgIpc) is 2.25. The Bertz CT molecular complexity index is 313. The summed E-state index contributed by atoms with van der Waals surface area (Å²) >= 11 is 0. The topological polar surface area (TPSA) is 30.3 Å². The van der Waals surface area contributed by atoms with E-state index in [0.29, 0.717) is 6.54 Å². The van der Waals surface area contributed by atoms with E-state index in [1.54, 1.807) is 4.90 Å². The highest BCUT2D eigenvalue weighted by Crippen LogP contribution is 2.02. The third-order valence-corrected chi connectivity index (χ3v) is 2.17. The van der Waals surface area contributed by atoms with Crippen molar-refractivity contribution in [3.8, 4) is 6.19 Å². The van der Waals surface area contributed by atoms with Gasteiger partial charge in [-0.1, -0.05) is 30.3 Å². The van der Waals surface area contributed by atoms with Crippen molar-refractivity contribution in [3.63, 3.8) is 0 Å². The van der Waals surface area contributed by atoms with Gasteiger partial charge in [0.1, 0.15) is 0 Å². The second kappa shape index (κ2) is 6.05. The first-order valence-corrected chi connectivity index (χ1v) is 5.05. The van der Waals surface area contributed by atoms with Crippen molar-refractivity contribution in [1.82, 2.24) is 9.80 Å². The third-order valence-electron chi connectivity index (χ3n) is 2.17. The van der Waals surface area contributed by atoms with E-state index >= 15 is 0 Å². The average molecular weight is 203 g/mol. The van der Waals surface area contributed by atoms with E-state index in [1.807, 2.05) is 44.4 Å². The van der Waals surface area contributed by atoms with Crippen molar-refractivity contribution in [2.75, 3.05) is 27.2 Å². The number of likely N-dealkylation sites (N-methyl/N-ethyl adjacent to an activating group) is 1. The standard InChI is InChI=1S/C12H17N3/c1-14(2)8-9-15(11-13)10-12-6-4-3-5-7-12/h3-7H,8-10H2,1-2H3. The minimum absolute atomic E-state index is 0.700. The second-order valence-electron chi connectivity index (χ2n) is 3.81. The smallest absolute Gasteiger partial charge is 0.179 e. The van der Waals surface area contributed by atoms with E-state index in [0.717, 1.165) is 13.1 Å². The number of hydrogen-bond donors (Lipinski definition) is 0. The van der Waals surface area contributed by atoms with Gasteiger partial charge in [-0.25, -0.2) is 0 Å². The molecule has 0 atom stereocenters. The van der Waals surface area contributed by atoms with Gasteiger partial charge in [0.05, 0.1) is 6.54 Å². The molecule has 0 fully saturated rings. The molecular formula is C12H17N3. The Kier molecular flexibility index (Phi) is 4.65. The van der Waals surface area contributed by atoms with Crippen molar-refractivity contribution in [2.45, 2.75) is 6.54 Å². The van der Waals surface area contributed by atoms with Crippen LogP contribution in [-0.4, -0.2) is 37.0 Å². The molecule has 0 N–H and O–H groups in total. The van der Waals surface area contributed by atoms with Crippen LogP contribution in [0, 0.1) is 11.5 Å². The lowest BCUT2D eigenvalue weighted by Gasteiger charge is -2.18. The van der Waals surface area contributed by atoms with Crippen LogP contribution >= 0.6 is 0 Å². The maximum absolute atomic E-state index is 8.96. The van der Waals surface area contributed by atoms with Crippen LogP contribution in [0.1, 0.15) is 5.56 Å². The van der Waals surface area contributed by atoms with E-state index in [1.165, 1.54) is 5.56 Å². The van der Waals surface area contributed by atoms with Crippen molar-refractivity contribution < 1.29 is 0 Å². The fourth-order valence-corrected chi connectivity index (χ4v) is 1.29. The van der Waals surface area contributed by atoms with Crippen molar-refractivity contribution in [3.05, 3.63) is 35.9 Å². The first-order valence-electron chi connectivity index (χ1n) is 5.05. The predicted octanol–water partition coefficient (Wildman–Crippen LogP) is 1.53. The molecule has 0 unspecified atom stereocenters. The van der Waals surface area contributed by atoms with Crippen LogP contribution in [0.5, 0.6) is 0 Å². The van der Waals surface area contributed by atoms with Gasteiger partial charge in [-0.15, -0.1) is 0 Å². The Hall–Kier alpha value is -1.53. The normalized spacial score (nSPS) is 10.0. The molecule has 3 nitrogen and oxygen atoms in total. The summed E-state index contributed by atoms with van der Waals surface area (Å²) in [5.74, 6) is 0. The molecule has 0 radical (unpaired) electrons. The Labute approximate surface area is 91.5 Å². The summed E-state index contributed by atoms with van der Waals surface area (Å²) in [5.41, 5.74) is 1.18. The summed E-state index contributed by atoms with van der Waals surface area (Å²) in [5, 5.41) is 8.96. The largest absolute Gasteiger partial charge is 0.308 e. The van der Waals surface area contributed by atoms with Gasteiger partial charge in [0.25, 0.3) is 0 Å². The summed E-state index contributed by atoms with van der Waals surface area (Å²) in [4.78, 5) is 3.85. The molecule has 80 valence electrons. The minimum Gasteiger partial charge on any atom is -0.308 e. The number of hydrogen-bond acceptors (Lipinski definition) is 3. The van der Waals surface area contributed by atoms with Gasteiger partial charge in [0.2, 0.25) is 0 Å². The van der Waals surface area contributed by atoms with Crippen LogP contribution in [0.3, 0.4) is 0 Å². The lowest BCUT2D eigenvalue weighted by Crippen LogP contribution is -2.27. The zero-order chi connectivity index (χ0) is 11.1. The predicted molar refractivity (Wildman–Crippen MR) is 61.0 cm³/mol. The SMILES string of the molecule is CN(C)CCN(C#N)Cc1ccccc1. The summed E-state index contributed by atoms with van der Waals surface area (Å²) < 4.78 is 0. The molecular weight excluding hydrogens is 186 g/mol. The Morgan fingerprint density at radius 3 is 2.33 bits per heavy atom. The maximum atomic E-state index is 8.96. The molecule has 0 aliphatic heterocycles. The molecule has 1 aromatic carbocycles. The molecule has 0 amide bonds. The summed E-state index contributed by atoms with van der Waals surface area (Å²) in [6.07, 6.45) is 2.21. The molecule has 1 rings (SSSR count). The quantitative estimate of drug-likeness (QED) is 0.537. The van der Waals surface area contributed by atoms with Crippen LogP contribution in [0.4, 0.5) is 0 Å². The zero-order valence-corrected chi connectivity index (χ0v) is 9.35. The number of nitriles is 1. The molecule has 0 aliphatic rings. The van der Waals surface area contributed by atoms with Gasteiger partial charge >= 0.3 is 0 Å². The lowest BCUT2D eigenvalue weighted by molar-refractivity contribution is 0.311. The van der Waals surface area contributed by atoms with E-state index in [2.05, 4.69) is 11.1 Å². The molecule has 0 saturated carbocycles. The van der Waals surface area contributed by atoms with Crippen molar-refractivity contribution in [2.24, 2.45) is 0 Å². The third kappa shape index (κ3) is 4.48. The molecule has 0 heterocycles. The van der Waals surface area contributed by atoms with Crippen LogP contribution < -0.4 is 0 Å². The van der Waals surface area contributed by atoms with Crippen LogP contribution in [0.2, 0.25) is 0 Å². The van der Waals surface area contributed by atoms with Gasteiger partial charge in [-0.05, 0) is 19.7 Å². The maximum Gasteiger partial charge on any atom is 0.179 e. The highest BCUT2D eigenvalue weighted by Gasteiger charge is 2.02. The molecule has 0 saturated heterocycles. The highest BCUT2D eigenvalue weighted by molar-refractivity contribution is 5.14. The Morgan fingerprint density at radius 2 is 1.80 bits per heavy atom. The number of rotatable bonds is 5.